The molecule has 0 bridgehead atoms. The van der Waals surface area contributed by atoms with E-state index in [-0.39, 0.29) is 0 Å². The van der Waals surface area contributed by atoms with Crippen LogP contribution < -0.4 is 10.1 Å². The van der Waals surface area contributed by atoms with Gasteiger partial charge in [0.05, 0.1) is 6.54 Å². The van der Waals surface area contributed by atoms with Gasteiger partial charge in [-0.15, -0.1) is 0 Å². The number of hydrogen-bond acceptors (Lipinski definition) is 4. The highest BCUT2D eigenvalue weighted by Crippen LogP contribution is 2.11. The van der Waals surface area contributed by atoms with Gasteiger partial charge < -0.3 is 10.1 Å². The molecule has 18 heavy (non-hydrogen) atoms. The van der Waals surface area contributed by atoms with E-state index in [1.807, 2.05) is 31.2 Å². The van der Waals surface area contributed by atoms with Crippen LogP contribution in [0.2, 0.25) is 0 Å². The second-order valence-corrected chi connectivity index (χ2v) is 5.06. The molecule has 2 aromatic rings. The van der Waals surface area contributed by atoms with Crippen LogP contribution in [0.1, 0.15) is 5.56 Å². The molecule has 94 valence electrons. The first-order chi connectivity index (χ1) is 8.74. The van der Waals surface area contributed by atoms with Gasteiger partial charge in [-0.2, -0.15) is 0 Å². The minimum atomic E-state index is 0.582. The Kier molecular flexibility index (Phi) is 4.74. The largest absolute Gasteiger partial charge is 0.492 e. The summed E-state index contributed by atoms with van der Waals surface area (Å²) in [6.45, 7) is 3.30. The first-order valence-electron chi connectivity index (χ1n) is 5.65. The third kappa shape index (κ3) is 4.14. The molecule has 0 saturated carbocycles. The summed E-state index contributed by atoms with van der Waals surface area (Å²) in [6, 6.07) is 8.00. The van der Waals surface area contributed by atoms with E-state index >= 15 is 0 Å². The lowest BCUT2D eigenvalue weighted by atomic mass is 10.2. The molecule has 1 N–H and O–H groups in total. The van der Waals surface area contributed by atoms with E-state index < -0.39 is 0 Å². The van der Waals surface area contributed by atoms with Gasteiger partial charge in [0.15, 0.2) is 0 Å². The molecule has 1 heterocycles. The zero-order valence-electron chi connectivity index (χ0n) is 10.1. The predicted octanol–water partition coefficient (Wildman–Crippen LogP) is 2.88. The van der Waals surface area contributed by atoms with Crippen molar-refractivity contribution in [2.75, 3.05) is 18.5 Å². The van der Waals surface area contributed by atoms with Gasteiger partial charge in [-0.3, -0.25) is 0 Å². The lowest BCUT2D eigenvalue weighted by molar-refractivity contribution is 0.332. The Morgan fingerprint density at radius 3 is 2.78 bits per heavy atom. The van der Waals surface area contributed by atoms with Crippen molar-refractivity contribution in [3.8, 4) is 5.75 Å². The van der Waals surface area contributed by atoms with Crippen LogP contribution in [0.4, 0.5) is 5.95 Å². The number of aromatic nitrogens is 2. The van der Waals surface area contributed by atoms with Gasteiger partial charge in [0, 0.05) is 16.0 Å². The second kappa shape index (κ2) is 6.53. The van der Waals surface area contributed by atoms with E-state index in [1.54, 1.807) is 12.4 Å². The molecule has 0 unspecified atom stereocenters. The van der Waals surface area contributed by atoms with Crippen LogP contribution in [0.3, 0.4) is 0 Å². The quantitative estimate of drug-likeness (QED) is 0.662. The number of ether oxygens (including phenoxy) is 1. The monoisotopic (exact) mass is 355 g/mol. The lowest BCUT2D eigenvalue weighted by Gasteiger charge is -2.07. The van der Waals surface area contributed by atoms with Crippen molar-refractivity contribution in [1.82, 2.24) is 9.97 Å². The predicted molar refractivity (Wildman–Crippen MR) is 79.9 cm³/mol. The highest BCUT2D eigenvalue weighted by atomic mass is 127. The molecule has 0 aliphatic heterocycles. The van der Waals surface area contributed by atoms with Gasteiger partial charge >= 0.3 is 0 Å². The number of nitrogens with zero attached hydrogens (tertiary/aromatic N) is 2. The zero-order chi connectivity index (χ0) is 12.8. The standard InChI is InChI=1S/C13H14IN3O/c1-10-3-2-4-12(7-10)18-6-5-15-13-16-8-11(14)9-17-13/h2-4,7-9H,5-6H2,1H3,(H,15,16,17). The molecular weight excluding hydrogens is 341 g/mol. The third-order valence-electron chi connectivity index (χ3n) is 2.26. The second-order valence-electron chi connectivity index (χ2n) is 3.82. The summed E-state index contributed by atoms with van der Waals surface area (Å²) in [7, 11) is 0. The number of rotatable bonds is 5. The molecule has 0 saturated heterocycles. The van der Waals surface area contributed by atoms with Gasteiger partial charge in [0.25, 0.3) is 0 Å². The van der Waals surface area contributed by atoms with Crippen LogP contribution >= 0.6 is 22.6 Å². The molecule has 0 aliphatic rings. The minimum Gasteiger partial charge on any atom is -0.492 e. The van der Waals surface area contributed by atoms with E-state index in [4.69, 9.17) is 4.74 Å². The molecular formula is C13H14IN3O. The summed E-state index contributed by atoms with van der Waals surface area (Å²) in [4.78, 5) is 8.30. The van der Waals surface area contributed by atoms with E-state index in [2.05, 4.69) is 37.9 Å². The fourth-order valence-electron chi connectivity index (χ4n) is 1.44. The van der Waals surface area contributed by atoms with Gasteiger partial charge in [0.2, 0.25) is 5.95 Å². The minimum absolute atomic E-state index is 0.582. The maximum Gasteiger partial charge on any atom is 0.222 e. The number of aryl methyl sites for hydroxylation is 1. The highest BCUT2D eigenvalue weighted by molar-refractivity contribution is 14.1. The SMILES string of the molecule is Cc1cccc(OCCNc2ncc(I)cn2)c1. The number of benzene rings is 1. The zero-order valence-corrected chi connectivity index (χ0v) is 12.2. The van der Waals surface area contributed by atoms with Crippen LogP contribution in [0, 0.1) is 10.5 Å². The first-order valence-corrected chi connectivity index (χ1v) is 6.73. The molecule has 0 aliphatic carbocycles. The van der Waals surface area contributed by atoms with Gasteiger partial charge in [-0.05, 0) is 47.2 Å². The Hall–Kier alpha value is -1.37. The molecule has 4 nitrogen and oxygen atoms in total. The van der Waals surface area contributed by atoms with Crippen molar-refractivity contribution < 1.29 is 4.74 Å². The molecule has 1 aromatic carbocycles. The van der Waals surface area contributed by atoms with Crippen molar-refractivity contribution in [3.63, 3.8) is 0 Å². The Balaban J connectivity index is 1.74. The normalized spacial score (nSPS) is 10.1. The summed E-state index contributed by atoms with van der Waals surface area (Å²) >= 11 is 2.17. The van der Waals surface area contributed by atoms with Crippen molar-refractivity contribution in [3.05, 3.63) is 45.8 Å². The first kappa shape index (κ1) is 13.1. The van der Waals surface area contributed by atoms with Crippen molar-refractivity contribution >= 4 is 28.5 Å². The number of halogens is 1. The highest BCUT2D eigenvalue weighted by Gasteiger charge is 1.96. The van der Waals surface area contributed by atoms with Crippen LogP contribution in [0.25, 0.3) is 0 Å². The van der Waals surface area contributed by atoms with Crippen molar-refractivity contribution in [2.24, 2.45) is 0 Å². The van der Waals surface area contributed by atoms with Crippen molar-refractivity contribution in [2.45, 2.75) is 6.92 Å². The summed E-state index contributed by atoms with van der Waals surface area (Å²) in [5.74, 6) is 1.52. The van der Waals surface area contributed by atoms with Gasteiger partial charge in [-0.1, -0.05) is 12.1 Å². The van der Waals surface area contributed by atoms with Crippen LogP contribution in [-0.2, 0) is 0 Å². The Morgan fingerprint density at radius 2 is 2.06 bits per heavy atom. The molecule has 0 spiro atoms. The molecule has 0 atom stereocenters. The third-order valence-corrected chi connectivity index (χ3v) is 2.82. The maximum atomic E-state index is 5.61. The summed E-state index contributed by atoms with van der Waals surface area (Å²) < 4.78 is 6.64. The number of hydrogen-bond donors (Lipinski definition) is 1. The molecule has 0 amide bonds. The smallest absolute Gasteiger partial charge is 0.222 e. The lowest BCUT2D eigenvalue weighted by Crippen LogP contribution is -2.13. The molecule has 5 heteroatoms. The van der Waals surface area contributed by atoms with Crippen molar-refractivity contribution in [1.29, 1.82) is 0 Å². The van der Waals surface area contributed by atoms with Gasteiger partial charge in [0.1, 0.15) is 12.4 Å². The summed E-state index contributed by atoms with van der Waals surface area (Å²) in [5.41, 5.74) is 1.20. The number of anilines is 1. The molecule has 2 rings (SSSR count). The molecule has 1 aromatic heterocycles. The molecule has 0 radical (unpaired) electrons. The fourth-order valence-corrected chi connectivity index (χ4v) is 1.72. The van der Waals surface area contributed by atoms with Crippen LogP contribution in [0.15, 0.2) is 36.7 Å². The summed E-state index contributed by atoms with van der Waals surface area (Å²) in [5, 5.41) is 3.11. The Morgan fingerprint density at radius 1 is 1.28 bits per heavy atom. The maximum absolute atomic E-state index is 5.61. The summed E-state index contributed by atoms with van der Waals surface area (Å²) in [6.07, 6.45) is 3.55. The average Bonchev–Trinajstić information content (AvgIpc) is 2.37. The topological polar surface area (TPSA) is 47.0 Å². The fraction of sp³-hybridized carbons (Fsp3) is 0.231. The van der Waals surface area contributed by atoms with E-state index in [0.717, 1.165) is 9.32 Å². The average molecular weight is 355 g/mol. The van der Waals surface area contributed by atoms with E-state index in [0.29, 0.717) is 19.1 Å². The Bertz CT molecular complexity index is 502. The number of nitrogens with one attached hydrogen (secondary N) is 1. The van der Waals surface area contributed by atoms with E-state index in [9.17, 15) is 0 Å². The van der Waals surface area contributed by atoms with E-state index in [1.165, 1.54) is 5.56 Å². The van der Waals surface area contributed by atoms with Gasteiger partial charge in [-0.25, -0.2) is 9.97 Å². The molecule has 0 fully saturated rings. The van der Waals surface area contributed by atoms with Crippen LogP contribution in [-0.4, -0.2) is 23.1 Å². The Labute approximate surface area is 120 Å². The van der Waals surface area contributed by atoms with Crippen LogP contribution in [0.5, 0.6) is 5.75 Å².